The first-order valence-corrected chi connectivity index (χ1v) is 14.0. The van der Waals surface area contributed by atoms with Gasteiger partial charge in [-0.3, -0.25) is 29.5 Å². The molecule has 0 saturated carbocycles. The lowest BCUT2D eigenvalue weighted by Crippen LogP contribution is -2.64. The predicted molar refractivity (Wildman–Crippen MR) is 155 cm³/mol. The molecule has 0 aliphatic carbocycles. The number of nitrogens with zero attached hydrogens (tertiary/aromatic N) is 6. The summed E-state index contributed by atoms with van der Waals surface area (Å²) in [6.45, 7) is 2.60. The molecule has 3 unspecified atom stereocenters. The molecule has 2 amide bonds. The summed E-state index contributed by atoms with van der Waals surface area (Å²) >= 11 is 0. The molecule has 5 rings (SSSR count). The van der Waals surface area contributed by atoms with Crippen LogP contribution in [0.3, 0.4) is 0 Å². The molecule has 2 aromatic heterocycles. The number of hydrogen-bond acceptors (Lipinski definition) is 9. The first-order valence-electron chi connectivity index (χ1n) is 14.0. The van der Waals surface area contributed by atoms with Crippen LogP contribution in [0.1, 0.15) is 30.9 Å². The van der Waals surface area contributed by atoms with E-state index < -0.39 is 12.1 Å². The van der Waals surface area contributed by atoms with Gasteiger partial charge in [0.25, 0.3) is 0 Å². The van der Waals surface area contributed by atoms with Crippen LogP contribution in [0.25, 0.3) is 22.1 Å². The molecule has 5 N–H and O–H groups in total. The van der Waals surface area contributed by atoms with Crippen molar-refractivity contribution in [2.24, 2.45) is 11.5 Å². The highest BCUT2D eigenvalue weighted by atomic mass is 16.3. The first kappa shape index (κ1) is 28.5. The Morgan fingerprint density at radius 3 is 1.80 bits per heavy atom. The first-order chi connectivity index (χ1) is 19.8. The van der Waals surface area contributed by atoms with Crippen LogP contribution in [0, 0.1) is 0 Å². The third-order valence-electron chi connectivity index (χ3n) is 7.72. The minimum atomic E-state index is -0.756. The predicted octanol–water partition coefficient (Wildman–Crippen LogP) is 1.21. The molecule has 0 bridgehead atoms. The van der Waals surface area contributed by atoms with E-state index in [0.29, 0.717) is 38.8 Å². The van der Waals surface area contributed by atoms with Gasteiger partial charge in [0.1, 0.15) is 0 Å². The number of aromatic nitrogens is 4. The van der Waals surface area contributed by atoms with Gasteiger partial charge in [-0.2, -0.15) is 0 Å². The van der Waals surface area contributed by atoms with Crippen LogP contribution in [0.2, 0.25) is 0 Å². The van der Waals surface area contributed by atoms with Crippen LogP contribution in [0.4, 0.5) is 0 Å². The fourth-order valence-corrected chi connectivity index (χ4v) is 5.57. The Morgan fingerprint density at radius 2 is 1.29 bits per heavy atom. The molecule has 11 nitrogen and oxygen atoms in total. The van der Waals surface area contributed by atoms with Gasteiger partial charge in [0.05, 0.1) is 34.2 Å². The van der Waals surface area contributed by atoms with E-state index in [1.54, 1.807) is 34.6 Å². The number of aliphatic hydroxyl groups is 1. The van der Waals surface area contributed by atoms with Crippen molar-refractivity contribution in [1.29, 1.82) is 0 Å². The van der Waals surface area contributed by atoms with Crippen LogP contribution in [-0.2, 0) is 22.4 Å². The maximum Gasteiger partial charge on any atom is 0.240 e. The number of nitrogens with two attached hydrogens (primary N) is 2. The quantitative estimate of drug-likeness (QED) is 0.275. The van der Waals surface area contributed by atoms with Gasteiger partial charge in [-0.1, -0.05) is 12.1 Å². The van der Waals surface area contributed by atoms with Gasteiger partial charge >= 0.3 is 0 Å². The lowest BCUT2D eigenvalue weighted by molar-refractivity contribution is -0.148. The van der Waals surface area contributed by atoms with Crippen molar-refractivity contribution in [1.82, 2.24) is 29.7 Å². The van der Waals surface area contributed by atoms with Gasteiger partial charge < -0.3 is 26.4 Å². The largest absolute Gasteiger partial charge is 0.396 e. The second kappa shape index (κ2) is 12.6. The Hall–Kier alpha value is -4.06. The summed E-state index contributed by atoms with van der Waals surface area (Å²) < 4.78 is 0. The molecule has 1 saturated heterocycles. The Morgan fingerprint density at radius 1 is 0.805 bits per heavy atom. The van der Waals surface area contributed by atoms with E-state index in [9.17, 15) is 14.7 Å². The molecule has 1 aliphatic heterocycles. The van der Waals surface area contributed by atoms with Crippen LogP contribution in [-0.4, -0.2) is 90.5 Å². The van der Waals surface area contributed by atoms with E-state index in [0.717, 1.165) is 33.2 Å². The number of benzene rings is 2. The normalized spacial score (nSPS) is 18.9. The zero-order valence-electron chi connectivity index (χ0n) is 23.1. The van der Waals surface area contributed by atoms with Crippen molar-refractivity contribution < 1.29 is 14.7 Å². The molecule has 3 heterocycles. The third-order valence-corrected chi connectivity index (χ3v) is 7.72. The summed E-state index contributed by atoms with van der Waals surface area (Å²) in [4.78, 5) is 48.0. The molecule has 2 aromatic carbocycles. The molecular weight excluding hydrogens is 520 g/mol. The number of piperazine rings is 1. The van der Waals surface area contributed by atoms with Crippen molar-refractivity contribution in [3.05, 3.63) is 72.3 Å². The number of hydrogen-bond donors (Lipinski definition) is 3. The average molecular weight is 557 g/mol. The molecule has 1 fully saturated rings. The van der Waals surface area contributed by atoms with E-state index in [-0.39, 0.29) is 30.5 Å². The molecule has 41 heavy (non-hydrogen) atoms. The van der Waals surface area contributed by atoms with E-state index >= 15 is 0 Å². The standard InChI is InChI=1S/C30H36N8O3/c1-19-17-38(30(41)24(32)14-21-5-7-26-28(16-21)36-11-9-34-26)22(3-2-12-39)18-37(19)29(40)23(31)13-20-4-6-25-27(15-20)35-10-8-33-25/h4-11,15-16,19,22-24,39H,2-3,12-14,17-18,31-32H2,1H3/t19-,22?,23?,24?/m1/s1. The molecule has 0 spiro atoms. The van der Waals surface area contributed by atoms with Crippen LogP contribution >= 0.6 is 0 Å². The SMILES string of the molecule is C[C@@H]1CN(C(=O)C(N)Cc2ccc3nccnc3c2)C(CCCO)CN1C(=O)C(N)Cc1ccc2nccnc2c1. The third kappa shape index (κ3) is 6.48. The highest BCUT2D eigenvalue weighted by Gasteiger charge is 2.39. The highest BCUT2D eigenvalue weighted by molar-refractivity contribution is 5.85. The summed E-state index contributed by atoms with van der Waals surface area (Å²) in [5, 5.41) is 9.52. The molecule has 4 atom stereocenters. The Balaban J connectivity index is 1.26. The summed E-state index contributed by atoms with van der Waals surface area (Å²) in [7, 11) is 0. The number of carbonyl (C=O) groups is 2. The second-order valence-electron chi connectivity index (χ2n) is 10.7. The van der Waals surface area contributed by atoms with Crippen LogP contribution in [0.5, 0.6) is 0 Å². The molecular formula is C30H36N8O3. The zero-order chi connectivity index (χ0) is 28.9. The smallest absolute Gasteiger partial charge is 0.240 e. The maximum atomic E-state index is 13.6. The number of fused-ring (bicyclic) bond motifs is 2. The van der Waals surface area contributed by atoms with Crippen LogP contribution in [0.15, 0.2) is 61.2 Å². The summed E-state index contributed by atoms with van der Waals surface area (Å²) in [5.41, 5.74) is 17.7. The van der Waals surface area contributed by atoms with E-state index in [1.807, 2.05) is 43.3 Å². The average Bonchev–Trinajstić information content (AvgIpc) is 2.99. The topological polar surface area (TPSA) is 164 Å². The molecule has 4 aromatic rings. The fourth-order valence-electron chi connectivity index (χ4n) is 5.57. The van der Waals surface area contributed by atoms with Crippen molar-refractivity contribution in [3.8, 4) is 0 Å². The molecule has 0 radical (unpaired) electrons. The van der Waals surface area contributed by atoms with Crippen molar-refractivity contribution in [3.63, 3.8) is 0 Å². The maximum absolute atomic E-state index is 13.6. The van der Waals surface area contributed by atoms with Crippen LogP contribution < -0.4 is 11.5 Å². The summed E-state index contributed by atoms with van der Waals surface area (Å²) in [6, 6.07) is 9.37. The van der Waals surface area contributed by atoms with Gasteiger partial charge in [0, 0.05) is 56.6 Å². The monoisotopic (exact) mass is 556 g/mol. The number of amides is 2. The lowest BCUT2D eigenvalue weighted by atomic mass is 9.97. The number of rotatable bonds is 9. The number of aliphatic hydroxyl groups excluding tert-OH is 1. The molecule has 214 valence electrons. The fraction of sp³-hybridized carbons (Fsp3) is 0.400. The van der Waals surface area contributed by atoms with Gasteiger partial charge in [-0.05, 0) is 68.0 Å². The van der Waals surface area contributed by atoms with Crippen molar-refractivity contribution in [2.45, 2.75) is 56.8 Å². The zero-order valence-corrected chi connectivity index (χ0v) is 23.1. The van der Waals surface area contributed by atoms with E-state index in [2.05, 4.69) is 19.9 Å². The Labute approximate surface area is 238 Å². The van der Waals surface area contributed by atoms with Gasteiger partial charge in [0.2, 0.25) is 11.8 Å². The second-order valence-corrected chi connectivity index (χ2v) is 10.7. The van der Waals surface area contributed by atoms with Gasteiger partial charge in [-0.25, -0.2) is 0 Å². The molecule has 11 heteroatoms. The van der Waals surface area contributed by atoms with E-state index in [4.69, 9.17) is 11.5 Å². The van der Waals surface area contributed by atoms with E-state index in [1.165, 1.54) is 0 Å². The molecule has 1 aliphatic rings. The minimum absolute atomic E-state index is 0.00339. The highest BCUT2D eigenvalue weighted by Crippen LogP contribution is 2.23. The van der Waals surface area contributed by atoms with Crippen molar-refractivity contribution >= 4 is 33.9 Å². The van der Waals surface area contributed by atoms with Gasteiger partial charge in [0.15, 0.2) is 0 Å². The summed E-state index contributed by atoms with van der Waals surface area (Å²) in [5.74, 6) is -0.341. The summed E-state index contributed by atoms with van der Waals surface area (Å²) in [6.07, 6.45) is 8.32. The minimum Gasteiger partial charge on any atom is -0.396 e. The Bertz CT molecular complexity index is 1530. The van der Waals surface area contributed by atoms with Crippen molar-refractivity contribution in [2.75, 3.05) is 19.7 Å². The lowest BCUT2D eigenvalue weighted by Gasteiger charge is -2.46. The Kier molecular flexibility index (Phi) is 8.77. The van der Waals surface area contributed by atoms with Gasteiger partial charge in [-0.15, -0.1) is 0 Å². The number of carbonyl (C=O) groups excluding carboxylic acids is 2.